The van der Waals surface area contributed by atoms with Gasteiger partial charge in [-0.2, -0.15) is 4.99 Å². The van der Waals surface area contributed by atoms with Gasteiger partial charge in [0, 0.05) is 23.1 Å². The summed E-state index contributed by atoms with van der Waals surface area (Å²) in [7, 11) is 2.24. The number of amides is 3. The van der Waals surface area contributed by atoms with Gasteiger partial charge in [-0.3, -0.25) is 57.4 Å². The quantitative estimate of drug-likeness (QED) is 0.110. The molecule has 1 aromatic carbocycles. The molecule has 3 aliphatic rings. The third-order valence-electron chi connectivity index (χ3n) is 8.40. The molecule has 0 saturated carbocycles. The van der Waals surface area contributed by atoms with Crippen molar-refractivity contribution in [3.8, 4) is 11.5 Å². The zero-order chi connectivity index (χ0) is 43.3. The van der Waals surface area contributed by atoms with E-state index < -0.39 is 110 Å². The molecule has 0 spiro atoms. The second-order valence-corrected chi connectivity index (χ2v) is 15.2. The zero-order valence-electron chi connectivity index (χ0n) is 30.2. The summed E-state index contributed by atoms with van der Waals surface area (Å²) in [6.07, 6.45) is 1.19. The number of hydrogen-bond acceptors (Lipinski definition) is 18. The number of aromatic nitrogens is 3. The molecule has 24 nitrogen and oxygen atoms in total. The second kappa shape index (κ2) is 15.8. The smallest absolute Gasteiger partial charge is 0.351 e. The monoisotopic (exact) mass is 888 g/mol. The van der Waals surface area contributed by atoms with Crippen molar-refractivity contribution in [1.82, 2.24) is 19.0 Å². The fraction of sp³-hybridized carbons (Fsp3) is 0.212. The molecule has 0 bridgehead atoms. The molecule has 3 aliphatic heterocycles. The van der Waals surface area contributed by atoms with Gasteiger partial charge in [-0.05, 0) is 0 Å². The molecule has 3 amide bonds. The van der Waals surface area contributed by atoms with E-state index in [2.05, 4.69) is 4.99 Å². The van der Waals surface area contributed by atoms with Crippen LogP contribution in [0.2, 0.25) is 0 Å². The number of oxazole rings is 1. The molecule has 0 unspecified atom stereocenters. The first-order valence-electron chi connectivity index (χ1n) is 16.5. The average molecular weight is 889 g/mol. The summed E-state index contributed by atoms with van der Waals surface area (Å²) in [5.41, 5.74) is -5.39. The molecule has 0 radical (unpaired) electrons. The van der Waals surface area contributed by atoms with Gasteiger partial charge in [0.1, 0.15) is 45.1 Å². The number of rotatable bonds is 10. The van der Waals surface area contributed by atoms with E-state index in [-0.39, 0.29) is 26.8 Å². The van der Waals surface area contributed by atoms with Crippen LogP contribution in [0.1, 0.15) is 0 Å². The summed E-state index contributed by atoms with van der Waals surface area (Å²) in [5, 5.41) is 41.0. The lowest BCUT2D eigenvalue weighted by molar-refractivity contribution is -0.138. The first-order chi connectivity index (χ1) is 28.5. The summed E-state index contributed by atoms with van der Waals surface area (Å²) in [5.74, 6) is -7.20. The minimum atomic E-state index is -1.62. The Hall–Kier alpha value is -7.39. The Balaban J connectivity index is 1.57. The number of nitrogens with zero attached hydrogens (tertiary/aromatic N) is 5. The molecule has 5 N–H and O–H groups in total. The molecule has 0 saturated heterocycles. The molecule has 0 atom stereocenters. The van der Waals surface area contributed by atoms with E-state index in [1.807, 2.05) is 5.32 Å². The summed E-state index contributed by atoms with van der Waals surface area (Å²) in [4.78, 5) is 120. The van der Waals surface area contributed by atoms with Crippen molar-refractivity contribution >= 4 is 93.5 Å². The van der Waals surface area contributed by atoms with Gasteiger partial charge in [0.25, 0.3) is 22.6 Å². The minimum Gasteiger partial charge on any atom is -0.494 e. The van der Waals surface area contributed by atoms with Crippen LogP contribution < -0.4 is 46.4 Å². The Morgan fingerprint density at radius 3 is 2.05 bits per heavy atom. The topological polar surface area (TPSA) is 327 Å². The number of fused-ring (bicyclic) bond motifs is 2. The van der Waals surface area contributed by atoms with Crippen molar-refractivity contribution in [2.24, 2.45) is 4.99 Å². The summed E-state index contributed by atoms with van der Waals surface area (Å²) < 4.78 is 27.3. The number of urea groups is 1. The van der Waals surface area contributed by atoms with Gasteiger partial charge in [-0.1, -0.05) is 11.8 Å². The number of thioether (sulfide) groups is 1. The maximum Gasteiger partial charge on any atom is 0.351 e. The Morgan fingerprint density at radius 1 is 0.817 bits per heavy atom. The third-order valence-corrected chi connectivity index (χ3v) is 12.0. The van der Waals surface area contributed by atoms with E-state index in [4.69, 9.17) is 23.4 Å². The van der Waals surface area contributed by atoms with E-state index in [0.29, 0.717) is 58.5 Å². The number of aliphatic carboxylic acids is 4. The number of anilines is 1. The summed E-state index contributed by atoms with van der Waals surface area (Å²) >= 11 is 2.01. The number of allylic oxidation sites excluding steroid dienone is 1. The van der Waals surface area contributed by atoms with E-state index in [9.17, 15) is 63.6 Å². The molecule has 6 heterocycles. The average Bonchev–Trinajstić information content (AvgIpc) is 3.98. The van der Waals surface area contributed by atoms with Gasteiger partial charge >= 0.3 is 29.9 Å². The van der Waals surface area contributed by atoms with Gasteiger partial charge in [0.2, 0.25) is 23.7 Å². The fourth-order valence-electron chi connectivity index (χ4n) is 6.02. The lowest BCUT2D eigenvalue weighted by Crippen LogP contribution is -2.43. The number of aliphatic imine (C=N–C) groups is 1. The SMILES string of the molecule is COC1=NC(=O)NC(=O)/C1=c1\o/c(=c2\s/c(=c3\sc(=C/C(OC)=C4/Sc5cc6c(cc5N4CC(=O)O)OCO6)c(=O)n3CC(=O)O)c(=O)n2CC(=O)O)c(=O)n1CC(=O)O. The zero-order valence-corrected chi connectivity index (χ0v) is 32.7. The van der Waals surface area contributed by atoms with Crippen molar-refractivity contribution < 1.29 is 72.6 Å². The Bertz CT molecular complexity index is 3200. The maximum atomic E-state index is 14.1. The lowest BCUT2D eigenvalue weighted by atomic mass is 10.2. The van der Waals surface area contributed by atoms with Crippen LogP contribution >= 0.6 is 34.4 Å². The Kier molecular flexibility index (Phi) is 10.7. The predicted molar refractivity (Wildman–Crippen MR) is 201 cm³/mol. The summed E-state index contributed by atoms with van der Waals surface area (Å²) in [6, 6.07) is 2.03. The van der Waals surface area contributed by atoms with Gasteiger partial charge in [0.15, 0.2) is 22.8 Å². The second-order valence-electron chi connectivity index (χ2n) is 12.1. The molecule has 7 rings (SSSR count). The van der Waals surface area contributed by atoms with Gasteiger partial charge in [-0.15, -0.1) is 22.7 Å². The molecular weight excluding hydrogens is 865 g/mol. The highest BCUT2D eigenvalue weighted by atomic mass is 32.2. The third kappa shape index (κ3) is 7.30. The minimum absolute atomic E-state index is 0.0463. The van der Waals surface area contributed by atoms with Crippen LogP contribution in [0.15, 0.2) is 51.6 Å². The molecule has 4 aromatic rings. The number of ether oxygens (including phenoxy) is 4. The molecule has 0 fully saturated rings. The van der Waals surface area contributed by atoms with Gasteiger partial charge in [0.05, 0.1) is 24.4 Å². The fourth-order valence-corrected chi connectivity index (χ4v) is 9.51. The van der Waals surface area contributed by atoms with Crippen molar-refractivity contribution in [3.63, 3.8) is 0 Å². The van der Waals surface area contributed by atoms with Gasteiger partial charge < -0.3 is 48.7 Å². The van der Waals surface area contributed by atoms with Crippen molar-refractivity contribution in [2.75, 3.05) is 32.5 Å². The van der Waals surface area contributed by atoms with E-state index >= 15 is 0 Å². The Labute approximate surface area is 340 Å². The van der Waals surface area contributed by atoms with Crippen LogP contribution in [0.25, 0.3) is 11.6 Å². The number of carboxylic acids is 4. The van der Waals surface area contributed by atoms with E-state index in [1.165, 1.54) is 18.1 Å². The predicted octanol–water partition coefficient (Wildman–Crippen LogP) is -1.82. The number of thiazole rings is 2. The molecular formula is C33H24N6O18S3. The van der Waals surface area contributed by atoms with Crippen molar-refractivity contribution in [1.29, 1.82) is 0 Å². The first-order valence-corrected chi connectivity index (χ1v) is 18.9. The van der Waals surface area contributed by atoms with Crippen LogP contribution in [0, 0.1) is 19.3 Å². The first kappa shape index (κ1) is 40.8. The van der Waals surface area contributed by atoms with Crippen molar-refractivity contribution in [3.05, 3.63) is 83.3 Å². The maximum absolute atomic E-state index is 14.1. The Morgan fingerprint density at radius 2 is 1.43 bits per heavy atom. The molecule has 0 aliphatic carbocycles. The van der Waals surface area contributed by atoms with Crippen LogP contribution in [-0.4, -0.2) is 103 Å². The highest BCUT2D eigenvalue weighted by Crippen LogP contribution is 2.52. The van der Waals surface area contributed by atoms with Crippen molar-refractivity contribution in [2.45, 2.75) is 24.5 Å². The largest absolute Gasteiger partial charge is 0.494 e. The molecule has 27 heteroatoms. The van der Waals surface area contributed by atoms with Crippen LogP contribution in [0.3, 0.4) is 0 Å². The standard InChI is InChI=1S/C33H24N6O18S3/c1-53-14(30-36(6-17(40)41)11-3-12-13(56-10-55-12)4-15(11)58-30)5-16-26(49)38(8-19(44)45)32(59-16)23-28(51)39(9-20(46)47)31(60-23)22-27(50)37(7-18(42)43)29(57-22)21-24(48)34-33(52)35-25(21)54-2/h3-5H,6-10H2,1-2H3,(H,40,41)(H,42,43)(H,44,45)(H,46,47)(H,34,48,52)/b16-5?,29-21+,30-14-,31-22-,32-23-. The lowest BCUT2D eigenvalue weighted by Gasteiger charge is -2.19. The van der Waals surface area contributed by atoms with Crippen LogP contribution in [-0.2, 0) is 53.1 Å². The van der Waals surface area contributed by atoms with E-state index in [1.54, 1.807) is 12.1 Å². The highest BCUT2D eigenvalue weighted by Gasteiger charge is 2.34. The number of nitrogens with one attached hydrogen (secondary N) is 1. The number of benzene rings is 1. The van der Waals surface area contributed by atoms with Gasteiger partial charge in [-0.25, -0.2) is 4.79 Å². The van der Waals surface area contributed by atoms with Crippen LogP contribution in [0.5, 0.6) is 11.5 Å². The number of carboxylic acid groups (broad SMARTS) is 4. The number of methoxy groups -OCH3 is 2. The molecule has 312 valence electrons. The number of imide groups is 1. The summed E-state index contributed by atoms with van der Waals surface area (Å²) in [6.45, 7) is -3.94. The van der Waals surface area contributed by atoms with E-state index in [0.717, 1.165) is 18.9 Å². The number of carbonyl (C=O) groups is 6. The molecule has 60 heavy (non-hydrogen) atoms. The normalized spacial score (nSPS) is 17.6. The molecule has 3 aromatic heterocycles. The highest BCUT2D eigenvalue weighted by molar-refractivity contribution is 8.03. The van der Waals surface area contributed by atoms with Crippen LogP contribution in [0.4, 0.5) is 10.5 Å². The number of hydrogen-bond donors (Lipinski definition) is 5. The number of carbonyl (C=O) groups excluding carboxylic acids is 2.